The molecule has 1 heterocycles. The van der Waals surface area contributed by atoms with E-state index in [2.05, 4.69) is 0 Å². The maximum absolute atomic E-state index is 13.7. The summed E-state index contributed by atoms with van der Waals surface area (Å²) in [6.07, 6.45) is 0. The van der Waals surface area contributed by atoms with Crippen molar-refractivity contribution < 1.29 is 9.50 Å². The summed E-state index contributed by atoms with van der Waals surface area (Å²) in [4.78, 5) is 0. The van der Waals surface area contributed by atoms with E-state index in [0.717, 1.165) is 0 Å². The van der Waals surface area contributed by atoms with Gasteiger partial charge in [-0.3, -0.25) is 0 Å². The van der Waals surface area contributed by atoms with Gasteiger partial charge in [-0.1, -0.05) is 17.7 Å². The minimum atomic E-state index is -0.982. The van der Waals surface area contributed by atoms with E-state index in [4.69, 9.17) is 11.6 Å². The lowest BCUT2D eigenvalue weighted by atomic mass is 9.95. The predicted molar refractivity (Wildman–Crippen MR) is 57.4 cm³/mol. The molecule has 0 saturated carbocycles. The molecule has 1 N–H and O–H groups in total. The van der Waals surface area contributed by atoms with Crippen molar-refractivity contribution in [2.24, 2.45) is 0 Å². The summed E-state index contributed by atoms with van der Waals surface area (Å²) < 4.78 is 13.7. The van der Waals surface area contributed by atoms with Gasteiger partial charge in [-0.2, -0.15) is 11.8 Å². The largest absolute Gasteiger partial charge is 0.383 e. The molecule has 0 bridgehead atoms. The minimum absolute atomic E-state index is 0.373. The van der Waals surface area contributed by atoms with Gasteiger partial charge in [-0.25, -0.2) is 4.39 Å². The Kier molecular flexibility index (Phi) is 2.50. The molecule has 0 amide bonds. The number of benzene rings is 1. The van der Waals surface area contributed by atoms with E-state index in [1.807, 2.05) is 0 Å². The Morgan fingerprint density at radius 3 is 2.64 bits per heavy atom. The highest BCUT2D eigenvalue weighted by atomic mass is 35.5. The van der Waals surface area contributed by atoms with Gasteiger partial charge < -0.3 is 5.11 Å². The Morgan fingerprint density at radius 2 is 2.14 bits per heavy atom. The van der Waals surface area contributed by atoms with E-state index in [9.17, 15) is 9.50 Å². The zero-order valence-corrected chi connectivity index (χ0v) is 9.25. The Hall–Kier alpha value is -0.250. The van der Waals surface area contributed by atoms with Crippen LogP contribution in [0.4, 0.5) is 4.39 Å². The lowest BCUT2D eigenvalue weighted by molar-refractivity contribution is 0.0727. The maximum Gasteiger partial charge on any atom is 0.133 e. The first-order valence-electron chi connectivity index (χ1n) is 4.30. The summed E-state index contributed by atoms with van der Waals surface area (Å²) in [7, 11) is 0. The van der Waals surface area contributed by atoms with Gasteiger partial charge >= 0.3 is 0 Å². The highest BCUT2D eigenvalue weighted by Crippen LogP contribution is 2.40. The van der Waals surface area contributed by atoms with Gasteiger partial charge in [0.2, 0.25) is 0 Å². The van der Waals surface area contributed by atoms with Gasteiger partial charge in [0, 0.05) is 27.7 Å². The highest BCUT2D eigenvalue weighted by molar-refractivity contribution is 8.00. The highest BCUT2D eigenvalue weighted by Gasteiger charge is 2.39. The number of thioether (sulfide) groups is 1. The molecule has 1 aliphatic heterocycles. The number of hydrogen-bond acceptors (Lipinski definition) is 2. The van der Waals surface area contributed by atoms with Crippen molar-refractivity contribution in [3.63, 3.8) is 0 Å². The van der Waals surface area contributed by atoms with Crippen LogP contribution in [0.5, 0.6) is 0 Å². The van der Waals surface area contributed by atoms with Crippen molar-refractivity contribution >= 4 is 23.4 Å². The fourth-order valence-corrected chi connectivity index (χ4v) is 2.52. The topological polar surface area (TPSA) is 20.2 Å². The predicted octanol–water partition coefficient (Wildman–Crippen LogP) is 2.72. The van der Waals surface area contributed by atoms with Gasteiger partial charge in [-0.15, -0.1) is 0 Å². The first kappa shape index (κ1) is 10.3. The number of halogens is 2. The molecule has 14 heavy (non-hydrogen) atoms. The SMILES string of the molecule is Cc1c(Cl)ccc(C2(O)CSC2)c1F. The molecule has 4 heteroatoms. The van der Waals surface area contributed by atoms with Crippen LogP contribution < -0.4 is 0 Å². The van der Waals surface area contributed by atoms with Crippen LogP contribution in [0.15, 0.2) is 12.1 Å². The average Bonchev–Trinajstić information content (AvgIpc) is 2.11. The molecule has 1 aromatic carbocycles. The molecule has 0 spiro atoms. The Labute approximate surface area is 91.3 Å². The van der Waals surface area contributed by atoms with Crippen molar-refractivity contribution in [1.82, 2.24) is 0 Å². The third-order valence-corrected chi connectivity index (χ3v) is 4.28. The Balaban J connectivity index is 2.49. The monoisotopic (exact) mass is 232 g/mol. The molecule has 0 unspecified atom stereocenters. The standard InChI is InChI=1S/C10H10ClFOS/c1-6-8(11)3-2-7(9(6)12)10(13)4-14-5-10/h2-3,13H,4-5H2,1H3. The van der Waals surface area contributed by atoms with Crippen molar-refractivity contribution in [2.45, 2.75) is 12.5 Å². The van der Waals surface area contributed by atoms with Crippen molar-refractivity contribution in [3.8, 4) is 0 Å². The fraction of sp³-hybridized carbons (Fsp3) is 0.400. The van der Waals surface area contributed by atoms with Gasteiger partial charge in [0.25, 0.3) is 0 Å². The summed E-state index contributed by atoms with van der Waals surface area (Å²) in [6, 6.07) is 3.21. The van der Waals surface area contributed by atoms with Gasteiger partial charge in [0.15, 0.2) is 0 Å². The lowest BCUT2D eigenvalue weighted by Gasteiger charge is -2.36. The third kappa shape index (κ3) is 1.44. The molecule has 76 valence electrons. The van der Waals surface area contributed by atoms with E-state index in [1.54, 1.807) is 30.8 Å². The van der Waals surface area contributed by atoms with E-state index in [1.165, 1.54) is 0 Å². The summed E-state index contributed by atoms with van der Waals surface area (Å²) >= 11 is 7.38. The summed E-state index contributed by atoms with van der Waals surface area (Å²) in [6.45, 7) is 1.62. The van der Waals surface area contributed by atoms with Crippen molar-refractivity contribution in [1.29, 1.82) is 0 Å². The molecule has 0 aromatic heterocycles. The molecule has 1 aliphatic rings. The van der Waals surface area contributed by atoms with Crippen molar-refractivity contribution in [3.05, 3.63) is 34.1 Å². The van der Waals surface area contributed by atoms with Crippen LogP contribution in [0, 0.1) is 12.7 Å². The summed E-state index contributed by atoms with van der Waals surface area (Å²) in [5.74, 6) is 0.746. The van der Waals surface area contributed by atoms with Gasteiger partial charge in [0.05, 0.1) is 0 Å². The molecular formula is C10H10ClFOS. The van der Waals surface area contributed by atoms with Crippen LogP contribution in [0.1, 0.15) is 11.1 Å². The molecular weight excluding hydrogens is 223 g/mol. The van der Waals surface area contributed by atoms with Crippen LogP contribution in [0.3, 0.4) is 0 Å². The average molecular weight is 233 g/mol. The van der Waals surface area contributed by atoms with E-state index in [-0.39, 0.29) is 5.82 Å². The normalized spacial score (nSPS) is 19.1. The Morgan fingerprint density at radius 1 is 1.50 bits per heavy atom. The first-order valence-corrected chi connectivity index (χ1v) is 5.83. The van der Waals surface area contributed by atoms with E-state index < -0.39 is 5.60 Å². The quantitative estimate of drug-likeness (QED) is 0.804. The smallest absolute Gasteiger partial charge is 0.133 e. The zero-order valence-electron chi connectivity index (χ0n) is 7.68. The third-order valence-electron chi connectivity index (χ3n) is 2.50. The van der Waals surface area contributed by atoms with Crippen LogP contribution in [0.25, 0.3) is 0 Å². The van der Waals surface area contributed by atoms with Crippen LogP contribution >= 0.6 is 23.4 Å². The second kappa shape index (κ2) is 3.40. The second-order valence-corrected chi connectivity index (χ2v) is 4.95. The fourth-order valence-electron chi connectivity index (χ4n) is 1.47. The first-order chi connectivity index (χ1) is 6.54. The Bertz CT molecular complexity index is 377. The van der Waals surface area contributed by atoms with E-state index >= 15 is 0 Å². The molecule has 0 radical (unpaired) electrons. The molecule has 1 nitrogen and oxygen atoms in total. The van der Waals surface area contributed by atoms with E-state index in [0.29, 0.717) is 27.7 Å². The minimum Gasteiger partial charge on any atom is -0.383 e. The van der Waals surface area contributed by atoms with Crippen LogP contribution in [-0.4, -0.2) is 16.6 Å². The lowest BCUT2D eigenvalue weighted by Crippen LogP contribution is -2.40. The molecule has 1 saturated heterocycles. The maximum atomic E-state index is 13.7. The van der Waals surface area contributed by atoms with Crippen LogP contribution in [-0.2, 0) is 5.60 Å². The van der Waals surface area contributed by atoms with Crippen LogP contribution in [0.2, 0.25) is 5.02 Å². The molecule has 0 atom stereocenters. The zero-order chi connectivity index (χ0) is 10.3. The summed E-state index contributed by atoms with van der Waals surface area (Å²) in [5, 5.41) is 10.4. The molecule has 0 aliphatic carbocycles. The number of hydrogen-bond donors (Lipinski definition) is 1. The summed E-state index contributed by atoms with van der Waals surface area (Å²) in [5.41, 5.74) is -0.197. The molecule has 1 aromatic rings. The second-order valence-electron chi connectivity index (χ2n) is 3.56. The molecule has 2 rings (SSSR count). The van der Waals surface area contributed by atoms with Gasteiger partial charge in [-0.05, 0) is 13.0 Å². The number of rotatable bonds is 1. The molecule has 1 fully saturated rings. The number of aliphatic hydroxyl groups is 1. The van der Waals surface area contributed by atoms with Gasteiger partial charge in [0.1, 0.15) is 11.4 Å². The van der Waals surface area contributed by atoms with Crippen molar-refractivity contribution in [2.75, 3.05) is 11.5 Å².